The standard InChI is InChI=1S/C13H20FNO/c1-4-16-13-6-11(5-12(14)7-13)9-15-8-10(2)3/h5-7,10,15H,4,8-9H2,1-3H3. The Morgan fingerprint density at radius 2 is 2.06 bits per heavy atom. The lowest BCUT2D eigenvalue weighted by Gasteiger charge is -2.09. The van der Waals surface area contributed by atoms with Crippen molar-refractivity contribution in [3.05, 3.63) is 29.6 Å². The molecule has 1 rings (SSSR count). The largest absolute Gasteiger partial charge is 0.494 e. The molecule has 2 nitrogen and oxygen atoms in total. The third kappa shape index (κ3) is 4.62. The molecule has 90 valence electrons. The molecule has 16 heavy (non-hydrogen) atoms. The van der Waals surface area contributed by atoms with Gasteiger partial charge in [-0.2, -0.15) is 0 Å². The van der Waals surface area contributed by atoms with Crippen molar-refractivity contribution in [2.75, 3.05) is 13.2 Å². The summed E-state index contributed by atoms with van der Waals surface area (Å²) in [4.78, 5) is 0. The van der Waals surface area contributed by atoms with Crippen LogP contribution in [0.15, 0.2) is 18.2 Å². The minimum Gasteiger partial charge on any atom is -0.494 e. The molecule has 0 saturated carbocycles. The average molecular weight is 225 g/mol. The predicted octanol–water partition coefficient (Wildman–Crippen LogP) is 2.97. The zero-order chi connectivity index (χ0) is 12.0. The first kappa shape index (κ1) is 13.0. The van der Waals surface area contributed by atoms with Gasteiger partial charge >= 0.3 is 0 Å². The van der Waals surface area contributed by atoms with Gasteiger partial charge in [-0.15, -0.1) is 0 Å². The van der Waals surface area contributed by atoms with Crippen LogP contribution in [0.2, 0.25) is 0 Å². The van der Waals surface area contributed by atoms with E-state index in [2.05, 4.69) is 19.2 Å². The summed E-state index contributed by atoms with van der Waals surface area (Å²) in [6.45, 7) is 8.34. The van der Waals surface area contributed by atoms with E-state index in [9.17, 15) is 4.39 Å². The van der Waals surface area contributed by atoms with Crippen LogP contribution in [0.3, 0.4) is 0 Å². The number of nitrogens with one attached hydrogen (secondary N) is 1. The smallest absolute Gasteiger partial charge is 0.127 e. The molecule has 1 N–H and O–H groups in total. The van der Waals surface area contributed by atoms with E-state index in [0.29, 0.717) is 24.8 Å². The highest BCUT2D eigenvalue weighted by molar-refractivity contribution is 5.29. The van der Waals surface area contributed by atoms with Crippen molar-refractivity contribution in [2.45, 2.75) is 27.3 Å². The Bertz CT molecular complexity index is 326. The molecule has 3 heteroatoms. The van der Waals surface area contributed by atoms with Crippen LogP contribution in [0.1, 0.15) is 26.3 Å². The van der Waals surface area contributed by atoms with Gasteiger partial charge < -0.3 is 10.1 Å². The molecule has 1 aromatic rings. The first-order valence-corrected chi connectivity index (χ1v) is 5.74. The normalized spacial score (nSPS) is 10.8. The average Bonchev–Trinajstić information content (AvgIpc) is 2.16. The quantitative estimate of drug-likeness (QED) is 0.803. The van der Waals surface area contributed by atoms with Crippen LogP contribution >= 0.6 is 0 Å². The summed E-state index contributed by atoms with van der Waals surface area (Å²) in [7, 11) is 0. The highest BCUT2D eigenvalue weighted by Crippen LogP contribution is 2.16. The van der Waals surface area contributed by atoms with E-state index in [1.807, 2.05) is 13.0 Å². The number of ether oxygens (including phenoxy) is 1. The van der Waals surface area contributed by atoms with Gasteiger partial charge in [-0.25, -0.2) is 4.39 Å². The van der Waals surface area contributed by atoms with Gasteiger partial charge in [-0.3, -0.25) is 0 Å². The van der Waals surface area contributed by atoms with Gasteiger partial charge in [0.05, 0.1) is 6.61 Å². The van der Waals surface area contributed by atoms with Gasteiger partial charge in [0.15, 0.2) is 0 Å². The van der Waals surface area contributed by atoms with E-state index in [1.54, 1.807) is 0 Å². The maximum atomic E-state index is 13.2. The van der Waals surface area contributed by atoms with Crippen molar-refractivity contribution in [3.8, 4) is 5.75 Å². The van der Waals surface area contributed by atoms with Crippen LogP contribution in [-0.4, -0.2) is 13.2 Å². The van der Waals surface area contributed by atoms with E-state index >= 15 is 0 Å². The van der Waals surface area contributed by atoms with Crippen LogP contribution in [0, 0.1) is 11.7 Å². The second-order valence-corrected chi connectivity index (χ2v) is 4.25. The Kier molecular flexibility index (Phi) is 5.26. The molecule has 0 aliphatic rings. The summed E-state index contributed by atoms with van der Waals surface area (Å²) in [6, 6.07) is 4.82. The van der Waals surface area contributed by atoms with Crippen molar-refractivity contribution in [1.29, 1.82) is 0 Å². The Hall–Kier alpha value is -1.09. The molecular formula is C13H20FNO. The second kappa shape index (κ2) is 6.48. The highest BCUT2D eigenvalue weighted by Gasteiger charge is 2.02. The van der Waals surface area contributed by atoms with Crippen LogP contribution in [-0.2, 0) is 6.54 Å². The van der Waals surface area contributed by atoms with Crippen LogP contribution in [0.4, 0.5) is 4.39 Å². The summed E-state index contributed by atoms with van der Waals surface area (Å²) >= 11 is 0. The lowest BCUT2D eigenvalue weighted by atomic mass is 10.2. The number of hydrogen-bond donors (Lipinski definition) is 1. The molecule has 0 radical (unpaired) electrons. The molecule has 1 aromatic carbocycles. The third-order valence-corrected chi connectivity index (χ3v) is 2.12. The molecule has 0 fully saturated rings. The fourth-order valence-corrected chi connectivity index (χ4v) is 1.48. The number of rotatable bonds is 6. The number of hydrogen-bond acceptors (Lipinski definition) is 2. The highest BCUT2D eigenvalue weighted by atomic mass is 19.1. The number of benzene rings is 1. The van der Waals surface area contributed by atoms with Crippen LogP contribution in [0.5, 0.6) is 5.75 Å². The first-order chi connectivity index (χ1) is 7.61. The minimum atomic E-state index is -0.243. The summed E-state index contributed by atoms with van der Waals surface area (Å²) in [5.74, 6) is 0.955. The van der Waals surface area contributed by atoms with Gasteiger partial charge in [0.1, 0.15) is 11.6 Å². The van der Waals surface area contributed by atoms with E-state index in [-0.39, 0.29) is 5.82 Å². The first-order valence-electron chi connectivity index (χ1n) is 5.74. The topological polar surface area (TPSA) is 21.3 Å². The molecule has 0 aliphatic carbocycles. The van der Waals surface area contributed by atoms with E-state index in [4.69, 9.17) is 4.74 Å². The summed E-state index contributed by atoms with van der Waals surface area (Å²) in [5, 5.41) is 3.28. The van der Waals surface area contributed by atoms with E-state index in [1.165, 1.54) is 12.1 Å². The Morgan fingerprint density at radius 1 is 1.31 bits per heavy atom. The molecule has 0 heterocycles. The van der Waals surface area contributed by atoms with Gasteiger partial charge in [-0.1, -0.05) is 13.8 Å². The SMILES string of the molecule is CCOc1cc(F)cc(CNCC(C)C)c1. The lowest BCUT2D eigenvalue weighted by molar-refractivity contribution is 0.337. The van der Waals surface area contributed by atoms with E-state index in [0.717, 1.165) is 12.1 Å². The zero-order valence-electron chi connectivity index (χ0n) is 10.2. The van der Waals surface area contributed by atoms with Crippen LogP contribution < -0.4 is 10.1 Å². The van der Waals surface area contributed by atoms with Crippen LogP contribution in [0.25, 0.3) is 0 Å². The molecular weight excluding hydrogens is 205 g/mol. The Morgan fingerprint density at radius 3 is 2.69 bits per heavy atom. The fourth-order valence-electron chi connectivity index (χ4n) is 1.48. The molecule has 0 spiro atoms. The molecule has 0 bridgehead atoms. The predicted molar refractivity (Wildman–Crippen MR) is 64.1 cm³/mol. The van der Waals surface area contributed by atoms with Gasteiger partial charge in [-0.05, 0) is 37.1 Å². The van der Waals surface area contributed by atoms with Crippen molar-refractivity contribution >= 4 is 0 Å². The molecule has 0 aliphatic heterocycles. The van der Waals surface area contributed by atoms with Crippen molar-refractivity contribution in [1.82, 2.24) is 5.32 Å². The zero-order valence-corrected chi connectivity index (χ0v) is 10.2. The molecule has 0 aromatic heterocycles. The molecule has 0 saturated heterocycles. The monoisotopic (exact) mass is 225 g/mol. The third-order valence-electron chi connectivity index (χ3n) is 2.12. The van der Waals surface area contributed by atoms with E-state index < -0.39 is 0 Å². The maximum absolute atomic E-state index is 13.2. The van der Waals surface area contributed by atoms with Crippen molar-refractivity contribution in [2.24, 2.45) is 5.92 Å². The maximum Gasteiger partial charge on any atom is 0.127 e. The summed E-state index contributed by atoms with van der Waals surface area (Å²) in [6.07, 6.45) is 0. The lowest BCUT2D eigenvalue weighted by Crippen LogP contribution is -2.19. The minimum absolute atomic E-state index is 0.243. The molecule has 0 atom stereocenters. The summed E-state index contributed by atoms with van der Waals surface area (Å²) < 4.78 is 18.5. The molecule has 0 unspecified atom stereocenters. The van der Waals surface area contributed by atoms with Crippen molar-refractivity contribution in [3.63, 3.8) is 0 Å². The second-order valence-electron chi connectivity index (χ2n) is 4.25. The Balaban J connectivity index is 2.58. The number of halogens is 1. The van der Waals surface area contributed by atoms with Crippen molar-refractivity contribution < 1.29 is 9.13 Å². The fraction of sp³-hybridized carbons (Fsp3) is 0.538. The Labute approximate surface area is 96.8 Å². The summed E-state index contributed by atoms with van der Waals surface area (Å²) in [5.41, 5.74) is 0.920. The van der Waals surface area contributed by atoms with Gasteiger partial charge in [0.2, 0.25) is 0 Å². The van der Waals surface area contributed by atoms with Gasteiger partial charge in [0, 0.05) is 12.6 Å². The molecule has 0 amide bonds. The van der Waals surface area contributed by atoms with Gasteiger partial charge in [0.25, 0.3) is 0 Å².